The topological polar surface area (TPSA) is 12.0 Å². The standard InChI is InChI=1S/C48H57N.C4H10/c1-11-33(4)18-14-15-19-37(8)38(9)23-25-40(13-3)47-42-27-21-36(7)32-45(42)48(43-28-22-35(6)31-44(43)47)41(30-34(5)12-2)26-24-39(10)46-20-16-17-29-49-46;1-3-4-2/h13-32,34,39,46,49H,3,11-12H2,1-2,4-10H3;3-4H2,1-2H3/b15-14-,26-24-,33-18+,37-19+,38-23+,40-25+,41-30+;. The van der Waals surface area contributed by atoms with Crippen LogP contribution in [-0.4, -0.2) is 6.04 Å². The first kappa shape index (κ1) is 42.8. The fraction of sp³-hybridized carbons (Fsp3) is 0.346. The first-order valence-electron chi connectivity index (χ1n) is 20.0. The van der Waals surface area contributed by atoms with Gasteiger partial charge in [0.05, 0.1) is 6.04 Å². The first-order chi connectivity index (χ1) is 25.5. The molecule has 1 aliphatic heterocycles. The molecule has 0 fully saturated rings. The molecule has 0 radical (unpaired) electrons. The van der Waals surface area contributed by atoms with Crippen molar-refractivity contribution in [3.05, 3.63) is 167 Å². The number of unbranched alkanes of at least 4 members (excludes halogenated alkanes) is 1. The quantitative estimate of drug-likeness (QED) is 0.130. The number of nitrogens with one attached hydrogen (secondary N) is 1. The van der Waals surface area contributed by atoms with Gasteiger partial charge in [-0.05, 0) is 120 Å². The predicted molar refractivity (Wildman–Crippen MR) is 241 cm³/mol. The Labute approximate surface area is 323 Å². The molecule has 3 unspecified atom stereocenters. The van der Waals surface area contributed by atoms with Crippen LogP contribution in [0.3, 0.4) is 0 Å². The Morgan fingerprint density at radius 3 is 1.85 bits per heavy atom. The van der Waals surface area contributed by atoms with Gasteiger partial charge in [-0.15, -0.1) is 0 Å². The van der Waals surface area contributed by atoms with Gasteiger partial charge in [0.1, 0.15) is 0 Å². The molecule has 3 atom stereocenters. The van der Waals surface area contributed by atoms with Crippen molar-refractivity contribution in [2.75, 3.05) is 0 Å². The highest BCUT2D eigenvalue weighted by Gasteiger charge is 2.19. The summed E-state index contributed by atoms with van der Waals surface area (Å²) >= 11 is 0. The highest BCUT2D eigenvalue weighted by Crippen LogP contribution is 2.42. The van der Waals surface area contributed by atoms with Gasteiger partial charge in [-0.25, -0.2) is 0 Å². The van der Waals surface area contributed by atoms with Crippen LogP contribution in [-0.2, 0) is 0 Å². The van der Waals surface area contributed by atoms with E-state index in [1.165, 1.54) is 78.9 Å². The van der Waals surface area contributed by atoms with E-state index in [9.17, 15) is 0 Å². The fourth-order valence-electron chi connectivity index (χ4n) is 6.16. The summed E-state index contributed by atoms with van der Waals surface area (Å²) in [6, 6.07) is 14.2. The van der Waals surface area contributed by atoms with Gasteiger partial charge in [-0.1, -0.05) is 193 Å². The number of hydrogen-bond donors (Lipinski definition) is 1. The van der Waals surface area contributed by atoms with E-state index < -0.39 is 0 Å². The lowest BCUT2D eigenvalue weighted by atomic mass is 9.83. The van der Waals surface area contributed by atoms with Crippen molar-refractivity contribution in [2.45, 2.75) is 108 Å². The molecule has 0 saturated heterocycles. The average Bonchev–Trinajstić information content (AvgIpc) is 3.17. The van der Waals surface area contributed by atoms with Crippen LogP contribution in [0.25, 0.3) is 32.7 Å². The summed E-state index contributed by atoms with van der Waals surface area (Å²) in [5.74, 6) is 0.776. The van der Waals surface area contributed by atoms with Crippen molar-refractivity contribution in [1.82, 2.24) is 5.32 Å². The van der Waals surface area contributed by atoms with E-state index in [0.29, 0.717) is 11.8 Å². The van der Waals surface area contributed by atoms with Crippen molar-refractivity contribution in [2.24, 2.45) is 11.8 Å². The van der Waals surface area contributed by atoms with Crippen molar-refractivity contribution in [3.8, 4) is 0 Å². The number of hydrogen-bond acceptors (Lipinski definition) is 1. The molecule has 0 amide bonds. The molecule has 53 heavy (non-hydrogen) atoms. The maximum absolute atomic E-state index is 4.33. The van der Waals surface area contributed by atoms with E-state index >= 15 is 0 Å². The van der Waals surface area contributed by atoms with Crippen molar-refractivity contribution in [1.29, 1.82) is 0 Å². The van der Waals surface area contributed by atoms with Crippen molar-refractivity contribution < 1.29 is 0 Å². The number of benzene rings is 3. The first-order valence-corrected chi connectivity index (χ1v) is 20.0. The van der Waals surface area contributed by atoms with E-state index in [-0.39, 0.29) is 6.04 Å². The van der Waals surface area contributed by atoms with E-state index in [1.54, 1.807) is 0 Å². The molecule has 0 bridgehead atoms. The lowest BCUT2D eigenvalue weighted by Crippen LogP contribution is -2.29. The number of rotatable bonds is 14. The summed E-state index contributed by atoms with van der Waals surface area (Å²) in [6.45, 7) is 28.7. The monoisotopic (exact) mass is 706 g/mol. The molecule has 0 spiro atoms. The third kappa shape index (κ3) is 12.2. The number of fused-ring (bicyclic) bond motifs is 2. The molecule has 1 heteroatoms. The van der Waals surface area contributed by atoms with Gasteiger partial charge in [-0.3, -0.25) is 0 Å². The van der Waals surface area contributed by atoms with Gasteiger partial charge in [0.2, 0.25) is 0 Å². The van der Waals surface area contributed by atoms with Gasteiger partial charge >= 0.3 is 0 Å². The van der Waals surface area contributed by atoms with E-state index in [0.717, 1.165) is 18.4 Å². The Bertz CT molecular complexity index is 1970. The zero-order valence-electron chi connectivity index (χ0n) is 34.8. The van der Waals surface area contributed by atoms with Crippen LogP contribution in [0.1, 0.15) is 110 Å². The number of aryl methyl sites for hydroxylation is 2. The minimum Gasteiger partial charge on any atom is -0.384 e. The zero-order chi connectivity index (χ0) is 38.9. The second kappa shape index (κ2) is 21.8. The Kier molecular flexibility index (Phi) is 17.6. The van der Waals surface area contributed by atoms with Crippen LogP contribution in [0.2, 0.25) is 0 Å². The Morgan fingerprint density at radius 1 is 0.736 bits per heavy atom. The molecule has 1 aliphatic rings. The molecule has 0 saturated carbocycles. The maximum Gasteiger partial charge on any atom is 0.0502 e. The second-order valence-corrected chi connectivity index (χ2v) is 14.8. The lowest BCUT2D eigenvalue weighted by Gasteiger charge is -2.22. The summed E-state index contributed by atoms with van der Waals surface area (Å²) in [5, 5.41) is 8.58. The van der Waals surface area contributed by atoms with Gasteiger partial charge < -0.3 is 5.32 Å². The smallest absolute Gasteiger partial charge is 0.0502 e. The highest BCUT2D eigenvalue weighted by atomic mass is 14.9. The molecule has 280 valence electrons. The van der Waals surface area contributed by atoms with Crippen LogP contribution < -0.4 is 5.32 Å². The van der Waals surface area contributed by atoms with Crippen LogP contribution in [0.15, 0.2) is 145 Å². The second-order valence-electron chi connectivity index (χ2n) is 14.8. The molecule has 0 aliphatic carbocycles. The molecule has 1 heterocycles. The van der Waals surface area contributed by atoms with Crippen molar-refractivity contribution in [3.63, 3.8) is 0 Å². The van der Waals surface area contributed by atoms with Gasteiger partial charge in [0, 0.05) is 0 Å². The SMILES string of the molecule is C=C\C(=C/C=C(C)/C(C)=C/C=C\C=C(/C)CC)c1c2cc(C)ccc2c(C(/C=C\C(C)C2C=CC=CN2)=C/C(C)CC)c2cc(C)ccc12.CCCC. The molecular weight excluding hydrogens is 639 g/mol. The van der Waals surface area contributed by atoms with Crippen LogP contribution in [0, 0.1) is 25.7 Å². The number of allylic oxidation sites excluding steroid dienone is 16. The molecule has 1 N–H and O–H groups in total. The van der Waals surface area contributed by atoms with E-state index in [1.807, 2.05) is 12.3 Å². The van der Waals surface area contributed by atoms with Crippen LogP contribution >= 0.6 is 0 Å². The Balaban J connectivity index is 0.00000180. The van der Waals surface area contributed by atoms with Gasteiger partial charge in [0.15, 0.2) is 0 Å². The predicted octanol–water partition coefficient (Wildman–Crippen LogP) is 15.5. The van der Waals surface area contributed by atoms with Crippen LogP contribution in [0.4, 0.5) is 0 Å². The summed E-state index contributed by atoms with van der Waals surface area (Å²) < 4.78 is 0. The largest absolute Gasteiger partial charge is 0.384 e. The Morgan fingerprint density at radius 2 is 1.32 bits per heavy atom. The zero-order valence-corrected chi connectivity index (χ0v) is 34.8. The highest BCUT2D eigenvalue weighted by molar-refractivity contribution is 6.17. The summed E-state index contributed by atoms with van der Waals surface area (Å²) in [5.41, 5.74) is 11.3. The molecule has 3 aromatic carbocycles. The minimum atomic E-state index is 0.278. The molecule has 0 aromatic heterocycles. The maximum atomic E-state index is 4.33. The number of dihydropyridines is 1. The van der Waals surface area contributed by atoms with Gasteiger partial charge in [0.25, 0.3) is 0 Å². The van der Waals surface area contributed by atoms with E-state index in [2.05, 4.69) is 197 Å². The normalized spacial score (nSPS) is 17.0. The van der Waals surface area contributed by atoms with Crippen molar-refractivity contribution >= 4 is 32.7 Å². The third-order valence-corrected chi connectivity index (χ3v) is 10.3. The minimum absolute atomic E-state index is 0.278. The fourth-order valence-corrected chi connectivity index (χ4v) is 6.16. The molecule has 3 aromatic rings. The Hall–Kier alpha value is -4.62. The molecule has 4 rings (SSSR count). The lowest BCUT2D eigenvalue weighted by molar-refractivity contribution is 0.559. The summed E-state index contributed by atoms with van der Waals surface area (Å²) in [6.07, 6.45) is 35.6. The van der Waals surface area contributed by atoms with E-state index in [4.69, 9.17) is 0 Å². The average molecular weight is 706 g/mol. The molecule has 1 nitrogen and oxygen atoms in total. The van der Waals surface area contributed by atoms with Crippen LogP contribution in [0.5, 0.6) is 0 Å². The summed E-state index contributed by atoms with van der Waals surface area (Å²) in [7, 11) is 0. The summed E-state index contributed by atoms with van der Waals surface area (Å²) in [4.78, 5) is 0. The third-order valence-electron chi connectivity index (χ3n) is 10.3. The van der Waals surface area contributed by atoms with Gasteiger partial charge in [-0.2, -0.15) is 0 Å². The molecular formula is C52H67N.